The van der Waals surface area contributed by atoms with E-state index in [0.717, 1.165) is 25.3 Å². The zero-order chi connectivity index (χ0) is 15.9. The van der Waals surface area contributed by atoms with Gasteiger partial charge in [0.05, 0.1) is 6.61 Å². The number of likely N-dealkylation sites (tertiary alicyclic amines) is 1. The van der Waals surface area contributed by atoms with Crippen molar-refractivity contribution in [2.75, 3.05) is 26.2 Å². The van der Waals surface area contributed by atoms with Gasteiger partial charge in [0.1, 0.15) is 5.75 Å². The number of hydrogen-bond acceptors (Lipinski definition) is 4. The van der Waals surface area contributed by atoms with Gasteiger partial charge in [0.15, 0.2) is 5.78 Å². The number of carbonyl (C=O) groups is 2. The van der Waals surface area contributed by atoms with E-state index in [9.17, 15) is 9.59 Å². The fourth-order valence-corrected chi connectivity index (χ4v) is 2.68. The van der Waals surface area contributed by atoms with Crippen LogP contribution in [0.2, 0.25) is 0 Å². The van der Waals surface area contributed by atoms with Crippen LogP contribution in [-0.4, -0.2) is 42.8 Å². The average Bonchev–Trinajstić information content (AvgIpc) is 3.02. The summed E-state index contributed by atoms with van der Waals surface area (Å²) in [6.45, 7) is 4.62. The Kier molecular flexibility index (Phi) is 5.95. The molecule has 1 unspecified atom stereocenters. The van der Waals surface area contributed by atoms with Crippen LogP contribution >= 0.6 is 0 Å². The maximum absolute atomic E-state index is 12.1. The van der Waals surface area contributed by atoms with Gasteiger partial charge in [-0.15, -0.1) is 0 Å². The van der Waals surface area contributed by atoms with E-state index in [1.54, 1.807) is 24.3 Å². The molecule has 0 spiro atoms. The van der Waals surface area contributed by atoms with Gasteiger partial charge in [-0.2, -0.15) is 0 Å². The topological polar surface area (TPSA) is 72.6 Å². The molecule has 1 amide bonds. The van der Waals surface area contributed by atoms with E-state index >= 15 is 0 Å². The Hall–Kier alpha value is -1.88. The molecule has 1 aromatic carbocycles. The van der Waals surface area contributed by atoms with Crippen molar-refractivity contribution in [2.45, 2.75) is 26.2 Å². The number of nitrogens with zero attached hydrogens (tertiary/aromatic N) is 1. The lowest BCUT2D eigenvalue weighted by molar-refractivity contribution is -0.130. The van der Waals surface area contributed by atoms with E-state index in [1.165, 1.54) is 0 Å². The van der Waals surface area contributed by atoms with Crippen molar-refractivity contribution in [1.82, 2.24) is 4.90 Å². The number of benzene rings is 1. The summed E-state index contributed by atoms with van der Waals surface area (Å²) in [6.07, 6.45) is 1.48. The Labute approximate surface area is 131 Å². The molecule has 1 aliphatic heterocycles. The Balaban J connectivity index is 1.81. The fourth-order valence-electron chi connectivity index (χ4n) is 2.68. The van der Waals surface area contributed by atoms with Crippen LogP contribution < -0.4 is 10.5 Å². The number of amides is 1. The highest BCUT2D eigenvalue weighted by molar-refractivity contribution is 5.98. The standard InChI is InChI=1S/C17H24N2O3/c1-2-22-15-5-3-14(4-6-15)16(20)7-8-17(21)19-10-9-13(11-18)12-19/h3-6,13H,2,7-12,18H2,1H3. The molecule has 0 aliphatic carbocycles. The predicted octanol–water partition coefficient (Wildman–Crippen LogP) is 1.86. The summed E-state index contributed by atoms with van der Waals surface area (Å²) in [5, 5.41) is 0. The highest BCUT2D eigenvalue weighted by Gasteiger charge is 2.25. The summed E-state index contributed by atoms with van der Waals surface area (Å²) < 4.78 is 5.34. The Morgan fingerprint density at radius 1 is 1.27 bits per heavy atom. The number of rotatable bonds is 7. The molecule has 1 aliphatic rings. The third kappa shape index (κ3) is 4.31. The van der Waals surface area contributed by atoms with Gasteiger partial charge >= 0.3 is 0 Å². The van der Waals surface area contributed by atoms with Gasteiger partial charge in [-0.1, -0.05) is 0 Å². The van der Waals surface area contributed by atoms with Crippen molar-refractivity contribution >= 4 is 11.7 Å². The molecule has 120 valence electrons. The van der Waals surface area contributed by atoms with E-state index in [-0.39, 0.29) is 24.5 Å². The molecule has 0 aromatic heterocycles. The van der Waals surface area contributed by atoms with E-state index in [2.05, 4.69) is 0 Å². The first kappa shape index (κ1) is 16.5. The normalized spacial score (nSPS) is 17.5. The smallest absolute Gasteiger partial charge is 0.223 e. The molecule has 0 saturated carbocycles. The molecule has 2 N–H and O–H groups in total. The van der Waals surface area contributed by atoms with Crippen LogP contribution in [0.25, 0.3) is 0 Å². The zero-order valence-corrected chi connectivity index (χ0v) is 13.1. The number of hydrogen-bond donors (Lipinski definition) is 1. The highest BCUT2D eigenvalue weighted by Crippen LogP contribution is 2.17. The lowest BCUT2D eigenvalue weighted by atomic mass is 10.1. The molecule has 0 radical (unpaired) electrons. The lowest BCUT2D eigenvalue weighted by Gasteiger charge is -2.15. The number of ether oxygens (including phenoxy) is 1. The van der Waals surface area contributed by atoms with Crippen LogP contribution in [0.5, 0.6) is 5.75 Å². The van der Waals surface area contributed by atoms with Crippen molar-refractivity contribution in [3.05, 3.63) is 29.8 Å². The number of ketones is 1. The largest absolute Gasteiger partial charge is 0.494 e. The second-order valence-electron chi connectivity index (χ2n) is 5.61. The number of nitrogens with two attached hydrogens (primary N) is 1. The van der Waals surface area contributed by atoms with Gasteiger partial charge in [-0.05, 0) is 50.1 Å². The Morgan fingerprint density at radius 3 is 2.59 bits per heavy atom. The van der Waals surface area contributed by atoms with Gasteiger partial charge < -0.3 is 15.4 Å². The zero-order valence-electron chi connectivity index (χ0n) is 13.1. The average molecular weight is 304 g/mol. The Bertz CT molecular complexity index is 513. The summed E-state index contributed by atoms with van der Waals surface area (Å²) in [6, 6.07) is 7.06. The van der Waals surface area contributed by atoms with Crippen LogP contribution in [0.15, 0.2) is 24.3 Å². The summed E-state index contributed by atoms with van der Waals surface area (Å²) in [4.78, 5) is 26.0. The van der Waals surface area contributed by atoms with E-state index in [4.69, 9.17) is 10.5 Å². The molecule has 1 aromatic rings. The second kappa shape index (κ2) is 7.94. The summed E-state index contributed by atoms with van der Waals surface area (Å²) in [5.41, 5.74) is 6.25. The van der Waals surface area contributed by atoms with E-state index < -0.39 is 0 Å². The predicted molar refractivity (Wildman–Crippen MR) is 84.9 cm³/mol. The first-order valence-electron chi connectivity index (χ1n) is 7.88. The molecule has 22 heavy (non-hydrogen) atoms. The molecule has 5 nitrogen and oxygen atoms in total. The number of carbonyl (C=O) groups excluding carboxylic acids is 2. The van der Waals surface area contributed by atoms with E-state index in [1.807, 2.05) is 11.8 Å². The van der Waals surface area contributed by atoms with E-state index in [0.29, 0.717) is 24.6 Å². The maximum atomic E-state index is 12.1. The van der Waals surface area contributed by atoms with Crippen LogP contribution in [-0.2, 0) is 4.79 Å². The van der Waals surface area contributed by atoms with Crippen molar-refractivity contribution < 1.29 is 14.3 Å². The van der Waals surface area contributed by atoms with Crippen molar-refractivity contribution in [2.24, 2.45) is 11.7 Å². The van der Waals surface area contributed by atoms with Gasteiger partial charge in [0.2, 0.25) is 5.91 Å². The number of Topliss-reactive ketones (excluding diaryl/α,β-unsaturated/α-hetero) is 1. The highest BCUT2D eigenvalue weighted by atomic mass is 16.5. The van der Waals surface area contributed by atoms with Gasteiger partial charge in [-0.3, -0.25) is 9.59 Å². The molecule has 2 rings (SSSR count). The van der Waals surface area contributed by atoms with Crippen molar-refractivity contribution in [3.8, 4) is 5.75 Å². The molecule has 1 atom stereocenters. The maximum Gasteiger partial charge on any atom is 0.223 e. The minimum atomic E-state index is -0.00836. The molecule has 1 fully saturated rings. The quantitative estimate of drug-likeness (QED) is 0.780. The monoisotopic (exact) mass is 304 g/mol. The van der Waals surface area contributed by atoms with Crippen molar-refractivity contribution in [3.63, 3.8) is 0 Å². The summed E-state index contributed by atoms with van der Waals surface area (Å²) in [5.74, 6) is 1.20. The molecule has 5 heteroatoms. The minimum absolute atomic E-state index is 0.00836. The third-order valence-electron chi connectivity index (χ3n) is 4.03. The first-order chi connectivity index (χ1) is 10.6. The SMILES string of the molecule is CCOc1ccc(C(=O)CCC(=O)N2CCC(CN)C2)cc1. The molecular formula is C17H24N2O3. The molecule has 0 bridgehead atoms. The van der Waals surface area contributed by atoms with Gasteiger partial charge in [0, 0.05) is 31.5 Å². The van der Waals surface area contributed by atoms with Crippen molar-refractivity contribution in [1.29, 1.82) is 0 Å². The fraction of sp³-hybridized carbons (Fsp3) is 0.529. The molecule has 1 saturated heterocycles. The van der Waals surface area contributed by atoms with Crippen LogP contribution in [0.4, 0.5) is 0 Å². The third-order valence-corrected chi connectivity index (χ3v) is 4.03. The van der Waals surface area contributed by atoms with Gasteiger partial charge in [0.25, 0.3) is 0 Å². The van der Waals surface area contributed by atoms with Crippen LogP contribution in [0.3, 0.4) is 0 Å². The summed E-state index contributed by atoms with van der Waals surface area (Å²) in [7, 11) is 0. The lowest BCUT2D eigenvalue weighted by Crippen LogP contribution is -2.30. The van der Waals surface area contributed by atoms with Gasteiger partial charge in [-0.25, -0.2) is 0 Å². The summed E-state index contributed by atoms with van der Waals surface area (Å²) >= 11 is 0. The van der Waals surface area contributed by atoms with Crippen LogP contribution in [0.1, 0.15) is 36.5 Å². The minimum Gasteiger partial charge on any atom is -0.494 e. The Morgan fingerprint density at radius 2 is 2.00 bits per heavy atom. The molecular weight excluding hydrogens is 280 g/mol. The first-order valence-corrected chi connectivity index (χ1v) is 7.88. The molecule has 1 heterocycles. The van der Waals surface area contributed by atoms with Crippen LogP contribution in [0, 0.1) is 5.92 Å². The second-order valence-corrected chi connectivity index (χ2v) is 5.61.